The Bertz CT molecular complexity index is 406. The SMILES string of the molecule is CC1(C)CNCC2(CC2)CN1Cc1ccccc1. The molecule has 1 saturated heterocycles. The van der Waals surface area contributed by atoms with Gasteiger partial charge in [-0.05, 0) is 37.7 Å². The molecule has 2 aliphatic rings. The van der Waals surface area contributed by atoms with Crippen LogP contribution in [0.1, 0.15) is 32.3 Å². The maximum Gasteiger partial charge on any atom is 0.0281 e. The minimum Gasteiger partial charge on any atom is -0.314 e. The van der Waals surface area contributed by atoms with Crippen LogP contribution in [0.2, 0.25) is 0 Å². The summed E-state index contributed by atoms with van der Waals surface area (Å²) in [6.07, 6.45) is 2.81. The van der Waals surface area contributed by atoms with Gasteiger partial charge in [-0.1, -0.05) is 30.3 Å². The first-order chi connectivity index (χ1) is 8.60. The number of hydrogen-bond acceptors (Lipinski definition) is 2. The van der Waals surface area contributed by atoms with Crippen molar-refractivity contribution in [3.8, 4) is 0 Å². The van der Waals surface area contributed by atoms with E-state index in [0.29, 0.717) is 5.41 Å². The van der Waals surface area contributed by atoms with Crippen LogP contribution in [0.3, 0.4) is 0 Å². The highest BCUT2D eigenvalue weighted by molar-refractivity contribution is 5.16. The standard InChI is InChI=1S/C16H24N2/c1-15(2)11-17-12-16(8-9-16)13-18(15)10-14-6-4-3-5-7-14/h3-7,17H,8-13H2,1-2H3. The smallest absolute Gasteiger partial charge is 0.0281 e. The molecular formula is C16H24N2. The summed E-state index contributed by atoms with van der Waals surface area (Å²) in [5, 5.41) is 3.66. The summed E-state index contributed by atoms with van der Waals surface area (Å²) in [5.41, 5.74) is 2.27. The zero-order valence-corrected chi connectivity index (χ0v) is 11.6. The van der Waals surface area contributed by atoms with Gasteiger partial charge in [0.2, 0.25) is 0 Å². The maximum absolute atomic E-state index is 3.66. The van der Waals surface area contributed by atoms with Gasteiger partial charge >= 0.3 is 0 Å². The van der Waals surface area contributed by atoms with Gasteiger partial charge in [0, 0.05) is 31.7 Å². The summed E-state index contributed by atoms with van der Waals surface area (Å²) < 4.78 is 0. The molecule has 0 unspecified atom stereocenters. The molecule has 2 fully saturated rings. The summed E-state index contributed by atoms with van der Waals surface area (Å²) >= 11 is 0. The van der Waals surface area contributed by atoms with Gasteiger partial charge < -0.3 is 5.32 Å². The number of benzene rings is 1. The van der Waals surface area contributed by atoms with Crippen molar-refractivity contribution in [2.45, 2.75) is 38.8 Å². The Morgan fingerprint density at radius 2 is 1.83 bits per heavy atom. The normalized spacial score (nSPS) is 25.9. The summed E-state index contributed by atoms with van der Waals surface area (Å²) in [6.45, 7) is 9.37. The van der Waals surface area contributed by atoms with E-state index in [1.807, 2.05) is 0 Å². The molecule has 2 heteroatoms. The Morgan fingerprint density at radius 3 is 2.50 bits per heavy atom. The lowest BCUT2D eigenvalue weighted by Gasteiger charge is -2.38. The molecule has 1 N–H and O–H groups in total. The molecule has 0 amide bonds. The monoisotopic (exact) mass is 244 g/mol. The molecule has 1 spiro atoms. The Labute approximate surface area is 110 Å². The van der Waals surface area contributed by atoms with Gasteiger partial charge in [0.05, 0.1) is 0 Å². The molecule has 3 rings (SSSR count). The van der Waals surface area contributed by atoms with Gasteiger partial charge in [0.1, 0.15) is 0 Å². The summed E-state index contributed by atoms with van der Waals surface area (Å²) in [4.78, 5) is 2.68. The zero-order valence-electron chi connectivity index (χ0n) is 11.6. The third kappa shape index (κ3) is 2.45. The van der Waals surface area contributed by atoms with Crippen LogP contribution in [0, 0.1) is 5.41 Å². The Morgan fingerprint density at radius 1 is 1.11 bits per heavy atom. The molecule has 1 heterocycles. The van der Waals surface area contributed by atoms with Crippen molar-refractivity contribution in [1.82, 2.24) is 10.2 Å². The average Bonchev–Trinajstić information content (AvgIpc) is 3.10. The Hall–Kier alpha value is -0.860. The van der Waals surface area contributed by atoms with E-state index in [0.717, 1.165) is 13.1 Å². The van der Waals surface area contributed by atoms with Crippen LogP contribution in [0.5, 0.6) is 0 Å². The molecule has 2 nitrogen and oxygen atoms in total. The highest BCUT2D eigenvalue weighted by Gasteiger charge is 2.47. The summed E-state index contributed by atoms with van der Waals surface area (Å²) in [5.74, 6) is 0. The van der Waals surface area contributed by atoms with Crippen molar-refractivity contribution in [1.29, 1.82) is 0 Å². The minimum absolute atomic E-state index is 0.252. The fourth-order valence-corrected chi connectivity index (χ4v) is 3.01. The van der Waals surface area contributed by atoms with Gasteiger partial charge in [0.15, 0.2) is 0 Å². The van der Waals surface area contributed by atoms with Crippen molar-refractivity contribution in [2.75, 3.05) is 19.6 Å². The molecule has 0 atom stereocenters. The molecule has 1 saturated carbocycles. The van der Waals surface area contributed by atoms with Crippen LogP contribution < -0.4 is 5.32 Å². The van der Waals surface area contributed by atoms with E-state index in [-0.39, 0.29) is 5.54 Å². The van der Waals surface area contributed by atoms with E-state index in [9.17, 15) is 0 Å². The molecule has 1 aliphatic carbocycles. The van der Waals surface area contributed by atoms with E-state index in [4.69, 9.17) is 0 Å². The third-order valence-corrected chi connectivity index (χ3v) is 4.61. The predicted octanol–water partition coefficient (Wildman–Crippen LogP) is 2.65. The van der Waals surface area contributed by atoms with Crippen LogP contribution in [-0.2, 0) is 6.54 Å². The first-order valence-electron chi connectivity index (χ1n) is 7.10. The van der Waals surface area contributed by atoms with Gasteiger partial charge in [-0.25, -0.2) is 0 Å². The van der Waals surface area contributed by atoms with Crippen molar-refractivity contribution in [3.05, 3.63) is 35.9 Å². The van der Waals surface area contributed by atoms with Crippen LogP contribution in [0.15, 0.2) is 30.3 Å². The van der Waals surface area contributed by atoms with Crippen molar-refractivity contribution >= 4 is 0 Å². The average molecular weight is 244 g/mol. The van der Waals surface area contributed by atoms with Crippen molar-refractivity contribution in [3.63, 3.8) is 0 Å². The van der Waals surface area contributed by atoms with Gasteiger partial charge in [-0.2, -0.15) is 0 Å². The molecule has 0 bridgehead atoms. The lowest BCUT2D eigenvalue weighted by atomic mass is 10.00. The van der Waals surface area contributed by atoms with Gasteiger partial charge in [0.25, 0.3) is 0 Å². The first-order valence-corrected chi connectivity index (χ1v) is 7.10. The van der Waals surface area contributed by atoms with Crippen LogP contribution in [-0.4, -0.2) is 30.1 Å². The molecule has 1 aromatic rings. The van der Waals surface area contributed by atoms with Gasteiger partial charge in [-0.15, -0.1) is 0 Å². The molecule has 18 heavy (non-hydrogen) atoms. The molecule has 98 valence electrons. The van der Waals surface area contributed by atoms with E-state index >= 15 is 0 Å². The quantitative estimate of drug-likeness (QED) is 0.860. The number of rotatable bonds is 2. The summed E-state index contributed by atoms with van der Waals surface area (Å²) in [6, 6.07) is 10.9. The van der Waals surface area contributed by atoms with Crippen molar-refractivity contribution in [2.24, 2.45) is 5.41 Å². The maximum atomic E-state index is 3.66. The first kappa shape index (κ1) is 12.2. The largest absolute Gasteiger partial charge is 0.314 e. The Kier molecular flexibility index (Phi) is 2.95. The molecule has 1 aromatic carbocycles. The molecular weight excluding hydrogens is 220 g/mol. The number of nitrogens with zero attached hydrogens (tertiary/aromatic N) is 1. The van der Waals surface area contributed by atoms with Gasteiger partial charge in [-0.3, -0.25) is 4.90 Å². The van der Waals surface area contributed by atoms with E-state index < -0.39 is 0 Å². The highest BCUT2D eigenvalue weighted by Crippen LogP contribution is 2.47. The molecule has 1 aliphatic heterocycles. The van der Waals surface area contributed by atoms with E-state index in [2.05, 4.69) is 54.4 Å². The van der Waals surface area contributed by atoms with Crippen molar-refractivity contribution < 1.29 is 0 Å². The second-order valence-electron chi connectivity index (χ2n) is 6.76. The van der Waals surface area contributed by atoms with Crippen LogP contribution in [0.25, 0.3) is 0 Å². The second kappa shape index (κ2) is 4.36. The van der Waals surface area contributed by atoms with E-state index in [1.54, 1.807) is 0 Å². The van der Waals surface area contributed by atoms with Crippen LogP contribution >= 0.6 is 0 Å². The lowest BCUT2D eigenvalue weighted by Crippen LogP contribution is -2.48. The highest BCUT2D eigenvalue weighted by atomic mass is 15.2. The molecule has 0 radical (unpaired) electrons. The lowest BCUT2D eigenvalue weighted by molar-refractivity contribution is 0.107. The zero-order chi connectivity index (χ0) is 12.6. The molecule has 0 aromatic heterocycles. The number of hydrogen-bond donors (Lipinski definition) is 1. The Balaban J connectivity index is 1.78. The predicted molar refractivity (Wildman–Crippen MR) is 75.5 cm³/mol. The third-order valence-electron chi connectivity index (χ3n) is 4.61. The fourth-order valence-electron chi connectivity index (χ4n) is 3.01. The topological polar surface area (TPSA) is 15.3 Å². The fraction of sp³-hybridized carbons (Fsp3) is 0.625. The van der Waals surface area contributed by atoms with E-state index in [1.165, 1.54) is 31.5 Å². The van der Waals surface area contributed by atoms with Crippen LogP contribution in [0.4, 0.5) is 0 Å². The number of nitrogens with one attached hydrogen (secondary N) is 1. The summed E-state index contributed by atoms with van der Waals surface area (Å²) in [7, 11) is 0. The second-order valence-corrected chi connectivity index (χ2v) is 6.76. The minimum atomic E-state index is 0.252.